The van der Waals surface area contributed by atoms with Gasteiger partial charge in [0.05, 0.1) is 0 Å². The van der Waals surface area contributed by atoms with Crippen LogP contribution in [0.5, 0.6) is 0 Å². The van der Waals surface area contributed by atoms with Gasteiger partial charge in [-0.25, -0.2) is 4.79 Å². The summed E-state index contributed by atoms with van der Waals surface area (Å²) in [6.45, 7) is 4.80. The van der Waals surface area contributed by atoms with Crippen LogP contribution in [0.4, 0.5) is 4.79 Å². The number of hydrogen-bond donors (Lipinski definition) is 0. The second-order valence-electron chi connectivity index (χ2n) is 9.82. The predicted octanol–water partition coefficient (Wildman–Crippen LogP) is 9.56. The molecule has 0 aliphatic carbocycles. The summed E-state index contributed by atoms with van der Waals surface area (Å²) in [4.78, 5) is 12.1. The van der Waals surface area contributed by atoms with E-state index < -0.39 is 6.16 Å². The quantitative estimate of drug-likeness (QED) is 0.179. The van der Waals surface area contributed by atoms with E-state index in [9.17, 15) is 4.79 Å². The van der Waals surface area contributed by atoms with Crippen molar-refractivity contribution in [2.75, 3.05) is 0 Å². The summed E-state index contributed by atoms with van der Waals surface area (Å²) >= 11 is 0. The molecule has 0 radical (unpaired) electrons. The molecule has 4 aromatic rings. The third-order valence-corrected chi connectivity index (χ3v) is 6.83. The Bertz CT molecular complexity index is 1150. The monoisotopic (exact) mass is 506 g/mol. The van der Waals surface area contributed by atoms with E-state index in [1.165, 1.54) is 47.9 Å². The Labute approximate surface area is 227 Å². The molecular weight excluding hydrogens is 468 g/mol. The number of hydrogen-bond acceptors (Lipinski definition) is 3. The van der Waals surface area contributed by atoms with Crippen LogP contribution in [-0.4, -0.2) is 6.16 Å². The molecule has 0 aliphatic heterocycles. The predicted molar refractivity (Wildman–Crippen MR) is 156 cm³/mol. The molecule has 0 bridgehead atoms. The van der Waals surface area contributed by atoms with Crippen molar-refractivity contribution in [1.29, 1.82) is 0 Å². The summed E-state index contributed by atoms with van der Waals surface area (Å²) < 4.78 is 10.6. The van der Waals surface area contributed by atoms with Gasteiger partial charge < -0.3 is 9.47 Å². The van der Waals surface area contributed by atoms with E-state index in [0.29, 0.717) is 0 Å². The van der Waals surface area contributed by atoms with E-state index in [-0.39, 0.29) is 13.2 Å². The van der Waals surface area contributed by atoms with E-state index in [1.807, 2.05) is 24.3 Å². The summed E-state index contributed by atoms with van der Waals surface area (Å²) in [5.41, 5.74) is 9.28. The van der Waals surface area contributed by atoms with Crippen LogP contribution in [0, 0.1) is 0 Å². The molecule has 3 nitrogen and oxygen atoms in total. The van der Waals surface area contributed by atoms with Crippen LogP contribution >= 0.6 is 0 Å². The molecule has 196 valence electrons. The second-order valence-corrected chi connectivity index (χ2v) is 9.82. The summed E-state index contributed by atoms with van der Waals surface area (Å²) in [7, 11) is 0. The number of carbonyl (C=O) groups is 1. The number of rotatable bonds is 12. The van der Waals surface area contributed by atoms with E-state index in [1.54, 1.807) is 0 Å². The number of carbonyl (C=O) groups excluding carboxylic acids is 1. The van der Waals surface area contributed by atoms with E-state index >= 15 is 0 Å². The molecule has 0 N–H and O–H groups in total. The molecule has 4 rings (SSSR count). The molecule has 4 aromatic carbocycles. The molecule has 0 fully saturated rings. The normalized spacial score (nSPS) is 10.8. The Hall–Kier alpha value is -3.85. The van der Waals surface area contributed by atoms with Crippen LogP contribution in [0.2, 0.25) is 0 Å². The maximum absolute atomic E-state index is 12.1. The van der Waals surface area contributed by atoms with Gasteiger partial charge in [-0.2, -0.15) is 0 Å². The van der Waals surface area contributed by atoms with Crippen molar-refractivity contribution in [3.8, 4) is 22.3 Å². The highest BCUT2D eigenvalue weighted by molar-refractivity contribution is 5.65. The Morgan fingerprint density at radius 2 is 0.763 bits per heavy atom. The van der Waals surface area contributed by atoms with Gasteiger partial charge in [-0.3, -0.25) is 0 Å². The van der Waals surface area contributed by atoms with Gasteiger partial charge in [0.15, 0.2) is 0 Å². The lowest BCUT2D eigenvalue weighted by atomic mass is 10.0. The third-order valence-electron chi connectivity index (χ3n) is 6.83. The van der Waals surface area contributed by atoms with Crippen molar-refractivity contribution < 1.29 is 14.3 Å². The second kappa shape index (κ2) is 14.2. The molecule has 0 saturated heterocycles. The molecule has 0 heterocycles. The van der Waals surface area contributed by atoms with Gasteiger partial charge in [0.1, 0.15) is 13.2 Å². The molecule has 0 aromatic heterocycles. The van der Waals surface area contributed by atoms with Crippen LogP contribution in [0.3, 0.4) is 0 Å². The first-order valence-electron chi connectivity index (χ1n) is 13.8. The number of benzene rings is 4. The molecule has 0 saturated carbocycles. The summed E-state index contributed by atoms with van der Waals surface area (Å²) in [6, 6.07) is 33.7. The van der Waals surface area contributed by atoms with Crippen LogP contribution in [-0.2, 0) is 35.5 Å². The molecule has 0 atom stereocenters. The van der Waals surface area contributed by atoms with Crippen molar-refractivity contribution in [3.63, 3.8) is 0 Å². The zero-order chi connectivity index (χ0) is 26.6. The fraction of sp³-hybridized carbons (Fsp3) is 0.286. The van der Waals surface area contributed by atoms with Gasteiger partial charge in [-0.05, 0) is 70.2 Å². The van der Waals surface area contributed by atoms with Crippen molar-refractivity contribution in [2.45, 2.75) is 65.6 Å². The SMILES string of the molecule is CCCCc1ccc(-c2ccc(COC(=O)OCc3ccc(-c4ccc(CCCC)cc4)cc3)cc2)cc1. The highest BCUT2D eigenvalue weighted by atomic mass is 16.7. The maximum atomic E-state index is 12.1. The summed E-state index contributed by atoms with van der Waals surface area (Å²) in [5.74, 6) is 0. The minimum absolute atomic E-state index is 0.183. The van der Waals surface area contributed by atoms with Crippen LogP contribution in [0.25, 0.3) is 22.3 Å². The van der Waals surface area contributed by atoms with Crippen molar-refractivity contribution in [2.24, 2.45) is 0 Å². The van der Waals surface area contributed by atoms with Gasteiger partial charge in [0, 0.05) is 0 Å². The fourth-order valence-corrected chi connectivity index (χ4v) is 4.40. The van der Waals surface area contributed by atoms with E-state index in [2.05, 4.69) is 86.6 Å². The third kappa shape index (κ3) is 8.08. The zero-order valence-corrected chi connectivity index (χ0v) is 22.6. The minimum Gasteiger partial charge on any atom is -0.429 e. The van der Waals surface area contributed by atoms with Crippen molar-refractivity contribution >= 4 is 6.16 Å². The van der Waals surface area contributed by atoms with Gasteiger partial charge >= 0.3 is 6.16 Å². The highest BCUT2D eigenvalue weighted by Gasteiger charge is 2.07. The van der Waals surface area contributed by atoms with Gasteiger partial charge in [-0.15, -0.1) is 0 Å². The molecule has 3 heteroatoms. The Kier molecular flexibility index (Phi) is 10.1. The molecular formula is C35H38O3. The smallest absolute Gasteiger partial charge is 0.429 e. The van der Waals surface area contributed by atoms with Crippen molar-refractivity contribution in [3.05, 3.63) is 119 Å². The summed E-state index contributed by atoms with van der Waals surface area (Å²) in [6.07, 6.45) is 6.45. The van der Waals surface area contributed by atoms with Gasteiger partial charge in [0.2, 0.25) is 0 Å². The minimum atomic E-state index is -0.663. The fourth-order valence-electron chi connectivity index (χ4n) is 4.40. The molecule has 38 heavy (non-hydrogen) atoms. The largest absolute Gasteiger partial charge is 0.508 e. The first-order chi connectivity index (χ1) is 18.6. The van der Waals surface area contributed by atoms with Crippen LogP contribution in [0.15, 0.2) is 97.1 Å². The molecule has 0 spiro atoms. The van der Waals surface area contributed by atoms with E-state index in [0.717, 1.165) is 35.1 Å². The first kappa shape index (κ1) is 27.2. The number of aryl methyl sites for hydroxylation is 2. The average Bonchev–Trinajstić information content (AvgIpc) is 2.98. The Morgan fingerprint density at radius 1 is 0.474 bits per heavy atom. The van der Waals surface area contributed by atoms with Gasteiger partial charge in [0.25, 0.3) is 0 Å². The zero-order valence-electron chi connectivity index (χ0n) is 22.6. The van der Waals surface area contributed by atoms with E-state index in [4.69, 9.17) is 9.47 Å². The maximum Gasteiger partial charge on any atom is 0.508 e. The van der Waals surface area contributed by atoms with Crippen LogP contribution < -0.4 is 0 Å². The first-order valence-corrected chi connectivity index (χ1v) is 13.8. The number of ether oxygens (including phenoxy) is 2. The average molecular weight is 507 g/mol. The number of unbranched alkanes of at least 4 members (excludes halogenated alkanes) is 2. The standard InChI is InChI=1S/C35H38O3/c1-3-5-7-27-9-17-31(18-10-27)33-21-13-29(14-22-33)25-37-35(36)38-26-30-15-23-34(24-16-30)32-19-11-28(12-20-32)8-6-4-2/h9-24H,3-8,25-26H2,1-2H3. The topological polar surface area (TPSA) is 35.5 Å². The Morgan fingerprint density at radius 3 is 1.05 bits per heavy atom. The molecule has 0 aliphatic rings. The molecule has 0 unspecified atom stereocenters. The van der Waals surface area contributed by atoms with Crippen molar-refractivity contribution in [1.82, 2.24) is 0 Å². The lowest BCUT2D eigenvalue weighted by Gasteiger charge is -2.09. The Balaban J connectivity index is 1.21. The molecule has 0 amide bonds. The highest BCUT2D eigenvalue weighted by Crippen LogP contribution is 2.23. The van der Waals surface area contributed by atoms with Gasteiger partial charge in [-0.1, -0.05) is 124 Å². The summed E-state index contributed by atoms with van der Waals surface area (Å²) in [5, 5.41) is 0. The van der Waals surface area contributed by atoms with Crippen LogP contribution in [0.1, 0.15) is 61.8 Å². The lowest BCUT2D eigenvalue weighted by molar-refractivity contribution is 0.0446. The lowest BCUT2D eigenvalue weighted by Crippen LogP contribution is -2.07.